The highest BCUT2D eigenvalue weighted by Crippen LogP contribution is 2.07. The van der Waals surface area contributed by atoms with Gasteiger partial charge >= 0.3 is 5.97 Å². The Balaban J connectivity index is 2.31. The first-order valence-corrected chi connectivity index (χ1v) is 7.00. The second kappa shape index (κ2) is 7.81. The molecule has 5 nitrogen and oxygen atoms in total. The zero-order chi connectivity index (χ0) is 14.3. The Kier molecular flexibility index (Phi) is 6.38. The summed E-state index contributed by atoms with van der Waals surface area (Å²) in [4.78, 5) is 24.0. The summed E-state index contributed by atoms with van der Waals surface area (Å²) in [6, 6.07) is 8.77. The molecule has 3 N–H and O–H groups in total. The van der Waals surface area contributed by atoms with Gasteiger partial charge in [0, 0.05) is 19.3 Å². The summed E-state index contributed by atoms with van der Waals surface area (Å²) in [7, 11) is 1.73. The van der Waals surface area contributed by atoms with E-state index in [1.807, 2.05) is 30.3 Å². The van der Waals surface area contributed by atoms with Crippen molar-refractivity contribution < 1.29 is 14.7 Å². The van der Waals surface area contributed by atoms with E-state index in [9.17, 15) is 9.59 Å². The van der Waals surface area contributed by atoms with Crippen LogP contribution in [0.15, 0.2) is 30.3 Å². The Hall–Kier alpha value is -1.53. The van der Waals surface area contributed by atoms with Gasteiger partial charge in [-0.25, -0.2) is 0 Å². The van der Waals surface area contributed by atoms with Gasteiger partial charge in [0.05, 0.1) is 5.75 Å². The molecule has 6 heteroatoms. The molecule has 0 aliphatic heterocycles. The molecule has 19 heavy (non-hydrogen) atoms. The fraction of sp³-hybridized carbons (Fsp3) is 0.385. The highest BCUT2D eigenvalue weighted by molar-refractivity contribution is 8.00. The van der Waals surface area contributed by atoms with Gasteiger partial charge in [0.2, 0.25) is 5.91 Å². The Labute approximate surface area is 116 Å². The lowest BCUT2D eigenvalue weighted by Crippen LogP contribution is -2.34. The number of rotatable bonds is 7. The summed E-state index contributed by atoms with van der Waals surface area (Å²) in [5.74, 6) is -0.603. The molecule has 0 fully saturated rings. The van der Waals surface area contributed by atoms with E-state index in [1.165, 1.54) is 11.8 Å². The summed E-state index contributed by atoms with van der Waals surface area (Å²) < 4.78 is 0. The summed E-state index contributed by atoms with van der Waals surface area (Å²) >= 11 is 1.24. The van der Waals surface area contributed by atoms with Crippen LogP contribution in [0.3, 0.4) is 0 Å². The summed E-state index contributed by atoms with van der Waals surface area (Å²) in [5, 5.41) is 8.62. The molecule has 0 saturated heterocycles. The lowest BCUT2D eigenvalue weighted by atomic mass is 10.2. The minimum Gasteiger partial charge on any atom is -0.480 e. The van der Waals surface area contributed by atoms with Crippen LogP contribution in [0.5, 0.6) is 0 Å². The van der Waals surface area contributed by atoms with Gasteiger partial charge < -0.3 is 15.7 Å². The molecule has 1 amide bonds. The van der Waals surface area contributed by atoms with Crippen LogP contribution in [-0.4, -0.2) is 46.5 Å². The maximum absolute atomic E-state index is 11.8. The van der Waals surface area contributed by atoms with Gasteiger partial charge in [-0.3, -0.25) is 9.59 Å². The molecule has 0 heterocycles. The monoisotopic (exact) mass is 282 g/mol. The summed E-state index contributed by atoms with van der Waals surface area (Å²) in [6.07, 6.45) is 0. The fourth-order valence-electron chi connectivity index (χ4n) is 1.40. The Morgan fingerprint density at radius 3 is 2.58 bits per heavy atom. The SMILES string of the molecule is CN(Cc1ccccc1)C(=O)CSC[C@H](N)C(=O)O. The zero-order valence-corrected chi connectivity index (χ0v) is 11.6. The van der Waals surface area contributed by atoms with Gasteiger partial charge in [-0.1, -0.05) is 30.3 Å². The van der Waals surface area contributed by atoms with E-state index in [0.29, 0.717) is 6.54 Å². The number of nitrogens with two attached hydrogens (primary N) is 1. The van der Waals surface area contributed by atoms with Crippen LogP contribution in [0.25, 0.3) is 0 Å². The highest BCUT2D eigenvalue weighted by atomic mass is 32.2. The van der Waals surface area contributed by atoms with Crippen molar-refractivity contribution in [1.29, 1.82) is 0 Å². The van der Waals surface area contributed by atoms with Crippen LogP contribution in [0, 0.1) is 0 Å². The number of hydrogen-bond acceptors (Lipinski definition) is 4. The van der Waals surface area contributed by atoms with Crippen molar-refractivity contribution in [3.63, 3.8) is 0 Å². The molecule has 0 spiro atoms. The normalized spacial score (nSPS) is 11.9. The quantitative estimate of drug-likeness (QED) is 0.772. The Morgan fingerprint density at radius 2 is 2.00 bits per heavy atom. The number of nitrogens with zero attached hydrogens (tertiary/aromatic N) is 1. The van der Waals surface area contributed by atoms with Crippen molar-refractivity contribution >= 4 is 23.6 Å². The lowest BCUT2D eigenvalue weighted by Gasteiger charge is -2.17. The number of carboxylic acids is 1. The zero-order valence-electron chi connectivity index (χ0n) is 10.8. The number of carboxylic acid groups (broad SMARTS) is 1. The Morgan fingerprint density at radius 1 is 1.37 bits per heavy atom. The van der Waals surface area contributed by atoms with Gasteiger partial charge in [0.1, 0.15) is 6.04 Å². The standard InChI is InChI=1S/C13H18N2O3S/c1-15(7-10-5-3-2-4-6-10)12(16)9-19-8-11(14)13(17)18/h2-6,11H,7-9,14H2,1H3,(H,17,18)/t11-/m0/s1. The van der Waals surface area contributed by atoms with Crippen LogP contribution in [0.4, 0.5) is 0 Å². The number of carbonyl (C=O) groups excluding carboxylic acids is 1. The fourth-order valence-corrected chi connectivity index (χ4v) is 2.31. The molecule has 1 rings (SSSR count). The van der Waals surface area contributed by atoms with Crippen LogP contribution in [-0.2, 0) is 16.1 Å². The van der Waals surface area contributed by atoms with Gasteiger partial charge in [-0.2, -0.15) is 0 Å². The molecular weight excluding hydrogens is 264 g/mol. The number of aliphatic carboxylic acids is 1. The van der Waals surface area contributed by atoms with Crippen LogP contribution in [0.1, 0.15) is 5.56 Å². The average Bonchev–Trinajstić information content (AvgIpc) is 2.39. The minimum absolute atomic E-state index is 0.0357. The first kappa shape index (κ1) is 15.5. The van der Waals surface area contributed by atoms with Gasteiger partial charge in [-0.05, 0) is 5.56 Å². The van der Waals surface area contributed by atoms with Crippen molar-refractivity contribution in [3.8, 4) is 0 Å². The van der Waals surface area contributed by atoms with E-state index in [-0.39, 0.29) is 17.4 Å². The van der Waals surface area contributed by atoms with Gasteiger partial charge in [-0.15, -0.1) is 11.8 Å². The van der Waals surface area contributed by atoms with Crippen molar-refractivity contribution in [2.45, 2.75) is 12.6 Å². The van der Waals surface area contributed by atoms with Crippen LogP contribution < -0.4 is 5.73 Å². The molecule has 1 aromatic carbocycles. The third-order valence-electron chi connectivity index (χ3n) is 2.53. The third-order valence-corrected chi connectivity index (χ3v) is 3.57. The smallest absolute Gasteiger partial charge is 0.321 e. The van der Waals surface area contributed by atoms with E-state index < -0.39 is 12.0 Å². The minimum atomic E-state index is -1.04. The maximum Gasteiger partial charge on any atom is 0.321 e. The molecular formula is C13H18N2O3S. The van der Waals surface area contributed by atoms with Gasteiger partial charge in [0.25, 0.3) is 0 Å². The molecule has 104 valence electrons. The molecule has 0 bridgehead atoms. The van der Waals surface area contributed by atoms with E-state index >= 15 is 0 Å². The molecule has 1 aromatic rings. The second-order valence-electron chi connectivity index (χ2n) is 4.20. The number of carbonyl (C=O) groups is 2. The summed E-state index contributed by atoms with van der Waals surface area (Å²) in [6.45, 7) is 0.547. The Bertz CT molecular complexity index is 425. The van der Waals surface area contributed by atoms with E-state index in [2.05, 4.69) is 0 Å². The molecule has 0 unspecified atom stereocenters. The average molecular weight is 282 g/mol. The molecule has 0 saturated carbocycles. The van der Waals surface area contributed by atoms with E-state index in [0.717, 1.165) is 5.56 Å². The molecule has 0 aliphatic rings. The first-order chi connectivity index (χ1) is 9.00. The largest absolute Gasteiger partial charge is 0.480 e. The number of amides is 1. The molecule has 0 aromatic heterocycles. The van der Waals surface area contributed by atoms with Crippen LogP contribution >= 0.6 is 11.8 Å². The maximum atomic E-state index is 11.8. The number of hydrogen-bond donors (Lipinski definition) is 2. The van der Waals surface area contributed by atoms with Crippen molar-refractivity contribution in [2.24, 2.45) is 5.73 Å². The number of benzene rings is 1. The van der Waals surface area contributed by atoms with E-state index in [4.69, 9.17) is 10.8 Å². The first-order valence-electron chi connectivity index (χ1n) is 5.84. The third kappa shape index (κ3) is 5.76. The predicted octanol–water partition coefficient (Wildman–Crippen LogP) is 0.790. The van der Waals surface area contributed by atoms with Crippen molar-refractivity contribution in [2.75, 3.05) is 18.6 Å². The second-order valence-corrected chi connectivity index (χ2v) is 5.23. The van der Waals surface area contributed by atoms with Crippen molar-refractivity contribution in [1.82, 2.24) is 4.90 Å². The molecule has 0 aliphatic carbocycles. The highest BCUT2D eigenvalue weighted by Gasteiger charge is 2.14. The van der Waals surface area contributed by atoms with Gasteiger partial charge in [0.15, 0.2) is 0 Å². The predicted molar refractivity (Wildman–Crippen MR) is 75.9 cm³/mol. The topological polar surface area (TPSA) is 83.6 Å². The number of thioether (sulfide) groups is 1. The van der Waals surface area contributed by atoms with E-state index in [1.54, 1.807) is 11.9 Å². The van der Waals surface area contributed by atoms with Crippen LogP contribution in [0.2, 0.25) is 0 Å². The summed E-state index contributed by atoms with van der Waals surface area (Å²) in [5.41, 5.74) is 6.42. The molecule has 0 radical (unpaired) electrons. The lowest BCUT2D eigenvalue weighted by molar-refractivity contribution is -0.138. The molecule has 1 atom stereocenters. The van der Waals surface area contributed by atoms with Crippen molar-refractivity contribution in [3.05, 3.63) is 35.9 Å².